The number of hydrogen-bond donors (Lipinski definition) is 2. The number of aromatic hydroxyl groups is 1. The number of benzene rings is 2. The molecule has 0 aliphatic heterocycles. The van der Waals surface area contributed by atoms with Crippen LogP contribution >= 0.6 is 0 Å². The molecule has 222 valence electrons. The molecule has 0 spiro atoms. The highest BCUT2D eigenvalue weighted by molar-refractivity contribution is 6.32. The molecular formula is C35H40O7. The molecule has 5 rings (SSSR count). The molecule has 2 fully saturated rings. The van der Waals surface area contributed by atoms with Crippen molar-refractivity contribution in [1.29, 1.82) is 0 Å². The molecular weight excluding hydrogens is 532 g/mol. The van der Waals surface area contributed by atoms with Crippen LogP contribution in [0.1, 0.15) is 83.3 Å². The summed E-state index contributed by atoms with van der Waals surface area (Å²) in [6.07, 6.45) is 0.241. The predicted molar refractivity (Wildman–Crippen MR) is 157 cm³/mol. The van der Waals surface area contributed by atoms with Crippen molar-refractivity contribution in [2.45, 2.75) is 79.2 Å². The largest absolute Gasteiger partial charge is 0.507 e. The first-order valence-corrected chi connectivity index (χ1v) is 14.7. The molecule has 2 saturated carbocycles. The van der Waals surface area contributed by atoms with Gasteiger partial charge in [0.1, 0.15) is 17.5 Å². The Bertz CT molecular complexity index is 1560. The number of Topliss-reactive ketones (excluding diaryl/α,β-unsaturated/α-hetero) is 5. The summed E-state index contributed by atoms with van der Waals surface area (Å²) in [7, 11) is 0. The summed E-state index contributed by atoms with van der Waals surface area (Å²) in [5, 5.41) is 23.1. The molecule has 6 atom stereocenters. The van der Waals surface area contributed by atoms with Crippen molar-refractivity contribution in [3.8, 4) is 16.9 Å². The van der Waals surface area contributed by atoms with Gasteiger partial charge in [0.2, 0.25) is 0 Å². The molecule has 7 nitrogen and oxygen atoms in total. The number of rotatable bonds is 3. The van der Waals surface area contributed by atoms with Crippen molar-refractivity contribution in [3.63, 3.8) is 0 Å². The maximum absolute atomic E-state index is 14.4. The van der Waals surface area contributed by atoms with Crippen molar-refractivity contribution in [3.05, 3.63) is 53.1 Å². The second-order valence-electron chi connectivity index (χ2n) is 14.6. The van der Waals surface area contributed by atoms with E-state index in [4.69, 9.17) is 0 Å². The van der Waals surface area contributed by atoms with Gasteiger partial charge in [0.25, 0.3) is 0 Å². The monoisotopic (exact) mass is 572 g/mol. The summed E-state index contributed by atoms with van der Waals surface area (Å²) in [6, 6.07) is 11.2. The number of ketones is 5. The van der Waals surface area contributed by atoms with E-state index in [0.717, 1.165) is 23.6 Å². The van der Waals surface area contributed by atoms with Gasteiger partial charge in [0.15, 0.2) is 28.7 Å². The molecule has 0 amide bonds. The van der Waals surface area contributed by atoms with E-state index in [0.29, 0.717) is 5.56 Å². The van der Waals surface area contributed by atoms with Crippen LogP contribution in [-0.4, -0.2) is 44.7 Å². The molecule has 3 aliphatic carbocycles. The van der Waals surface area contributed by atoms with E-state index in [9.17, 15) is 34.2 Å². The first-order valence-electron chi connectivity index (χ1n) is 14.7. The Kier molecular flexibility index (Phi) is 6.63. The second-order valence-corrected chi connectivity index (χ2v) is 14.6. The van der Waals surface area contributed by atoms with E-state index in [1.165, 1.54) is 6.07 Å². The van der Waals surface area contributed by atoms with Crippen molar-refractivity contribution < 1.29 is 34.2 Å². The van der Waals surface area contributed by atoms with Crippen LogP contribution in [0.4, 0.5) is 0 Å². The highest BCUT2D eigenvalue weighted by Crippen LogP contribution is 2.64. The first kappa shape index (κ1) is 30.0. The molecule has 2 aromatic carbocycles. The highest BCUT2D eigenvalue weighted by Gasteiger charge is 2.76. The lowest BCUT2D eigenvalue weighted by Gasteiger charge is -2.61. The maximum Gasteiger partial charge on any atom is 0.190 e. The first-order chi connectivity index (χ1) is 19.3. The summed E-state index contributed by atoms with van der Waals surface area (Å²) in [6.45, 7) is 14.4. The lowest BCUT2D eigenvalue weighted by molar-refractivity contribution is -0.205. The molecule has 7 heteroatoms. The van der Waals surface area contributed by atoms with Crippen LogP contribution in [-0.2, 0) is 31.0 Å². The van der Waals surface area contributed by atoms with E-state index in [2.05, 4.69) is 20.8 Å². The zero-order chi connectivity index (χ0) is 31.3. The predicted octanol–water partition coefficient (Wildman–Crippen LogP) is 5.06. The summed E-state index contributed by atoms with van der Waals surface area (Å²) in [4.78, 5) is 68.6. The Morgan fingerprint density at radius 2 is 1.55 bits per heavy atom. The van der Waals surface area contributed by atoms with Crippen LogP contribution in [0.5, 0.6) is 5.75 Å². The minimum Gasteiger partial charge on any atom is -0.507 e. The van der Waals surface area contributed by atoms with E-state index < -0.39 is 63.1 Å². The van der Waals surface area contributed by atoms with Gasteiger partial charge in [0, 0.05) is 11.3 Å². The zero-order valence-corrected chi connectivity index (χ0v) is 25.6. The molecule has 2 N–H and O–H groups in total. The molecule has 0 bridgehead atoms. The van der Waals surface area contributed by atoms with Crippen LogP contribution in [0.2, 0.25) is 0 Å². The summed E-state index contributed by atoms with van der Waals surface area (Å²) in [5.74, 6) is -8.88. The quantitative estimate of drug-likeness (QED) is 0.493. The third-order valence-electron chi connectivity index (χ3n) is 10.3. The van der Waals surface area contributed by atoms with Gasteiger partial charge in [-0.1, -0.05) is 78.8 Å². The van der Waals surface area contributed by atoms with Gasteiger partial charge >= 0.3 is 0 Å². The van der Waals surface area contributed by atoms with Crippen molar-refractivity contribution in [2.24, 2.45) is 34.5 Å². The molecule has 0 saturated heterocycles. The number of phenols is 1. The number of carbonyl (C=O) groups is 5. The third kappa shape index (κ3) is 3.85. The average Bonchev–Trinajstić information content (AvgIpc) is 2.85. The van der Waals surface area contributed by atoms with Crippen LogP contribution in [0.25, 0.3) is 11.1 Å². The Hall–Kier alpha value is -3.45. The number of aliphatic hydroxyl groups is 1. The smallest absolute Gasteiger partial charge is 0.190 e. The fourth-order valence-electron chi connectivity index (χ4n) is 8.56. The Morgan fingerprint density at radius 1 is 0.952 bits per heavy atom. The van der Waals surface area contributed by atoms with Gasteiger partial charge in [0.05, 0.1) is 11.5 Å². The summed E-state index contributed by atoms with van der Waals surface area (Å²) >= 11 is 0. The fourth-order valence-corrected chi connectivity index (χ4v) is 8.56. The molecule has 3 aliphatic rings. The van der Waals surface area contributed by atoms with E-state index in [1.807, 2.05) is 24.3 Å². The minimum absolute atomic E-state index is 0.0123. The van der Waals surface area contributed by atoms with Gasteiger partial charge in [-0.25, -0.2) is 0 Å². The van der Waals surface area contributed by atoms with Crippen LogP contribution < -0.4 is 0 Å². The highest BCUT2D eigenvalue weighted by atomic mass is 16.3. The minimum atomic E-state index is -2.69. The fraction of sp³-hybridized carbons (Fsp3) is 0.514. The van der Waals surface area contributed by atoms with Gasteiger partial charge < -0.3 is 10.2 Å². The number of fused-ring (bicyclic) bond motifs is 3. The maximum atomic E-state index is 14.4. The van der Waals surface area contributed by atoms with Crippen LogP contribution in [0.15, 0.2) is 36.4 Å². The molecule has 0 radical (unpaired) electrons. The SMILES string of the molecule is CC(=O)C1C(=O)C(C(C)C)[C@@]2(C)C[C@@]3(C)Cc4c(-c5ccc(C(C)(C)C)cc5)ccc(O)c4C(=O)C3C(=O)[C@@]2(O)C1=O. The lowest BCUT2D eigenvalue weighted by Crippen LogP contribution is -2.76. The number of hydrogen-bond acceptors (Lipinski definition) is 7. The van der Waals surface area contributed by atoms with Crippen LogP contribution in [0, 0.1) is 34.5 Å². The van der Waals surface area contributed by atoms with Crippen molar-refractivity contribution in [1.82, 2.24) is 0 Å². The summed E-state index contributed by atoms with van der Waals surface area (Å²) in [5.41, 5.74) is -1.99. The standard InChI is InChI=1S/C35H40O7/c1-17(2)26-28(38)24(18(3)36)30(40)35(42)31(41)27-29(39)25-22(15-33(27,7)16-34(26,35)8)21(13-14-23(25)37)19-9-11-20(12-10-19)32(4,5)6/h9-14,17,24,26-27,37,42H,15-16H2,1-8H3/t24?,26?,27?,33-,34-,35+/m1/s1. The van der Waals surface area contributed by atoms with Crippen LogP contribution in [0.3, 0.4) is 0 Å². The molecule has 3 unspecified atom stereocenters. The van der Waals surface area contributed by atoms with E-state index in [1.54, 1.807) is 33.8 Å². The molecule has 2 aromatic rings. The Balaban J connectivity index is 1.71. The van der Waals surface area contributed by atoms with Crippen molar-refractivity contribution >= 4 is 28.9 Å². The van der Waals surface area contributed by atoms with Gasteiger partial charge in [-0.05, 0) is 64.8 Å². The molecule has 0 heterocycles. The topological polar surface area (TPSA) is 126 Å². The van der Waals surface area contributed by atoms with E-state index >= 15 is 0 Å². The molecule has 0 aromatic heterocycles. The van der Waals surface area contributed by atoms with Crippen molar-refractivity contribution in [2.75, 3.05) is 0 Å². The third-order valence-corrected chi connectivity index (χ3v) is 10.3. The van der Waals surface area contributed by atoms with Gasteiger partial charge in [-0.15, -0.1) is 0 Å². The Labute approximate surface area is 246 Å². The van der Waals surface area contributed by atoms with E-state index in [-0.39, 0.29) is 35.5 Å². The lowest BCUT2D eigenvalue weighted by atomic mass is 9.40. The second kappa shape index (κ2) is 9.27. The number of phenolic OH excluding ortho intramolecular Hbond substituents is 1. The average molecular weight is 573 g/mol. The van der Waals surface area contributed by atoms with Gasteiger partial charge in [-0.2, -0.15) is 0 Å². The zero-order valence-electron chi connectivity index (χ0n) is 25.6. The number of carbonyl (C=O) groups excluding carboxylic acids is 5. The molecule has 42 heavy (non-hydrogen) atoms. The van der Waals surface area contributed by atoms with Gasteiger partial charge in [-0.3, -0.25) is 24.0 Å². The Morgan fingerprint density at radius 3 is 2.07 bits per heavy atom. The normalized spacial score (nSPS) is 32.9. The summed E-state index contributed by atoms with van der Waals surface area (Å²) < 4.78 is 0.